The Bertz CT molecular complexity index is 994. The van der Waals surface area contributed by atoms with Crippen LogP contribution in [0.15, 0.2) is 49.3 Å². The number of pyridine rings is 1. The zero-order valence-electron chi connectivity index (χ0n) is 16.3. The van der Waals surface area contributed by atoms with Crippen LogP contribution in [-0.4, -0.2) is 34.4 Å². The van der Waals surface area contributed by atoms with Crippen LogP contribution in [0.1, 0.15) is 25.5 Å². The lowest BCUT2D eigenvalue weighted by atomic mass is 10.1. The lowest BCUT2D eigenvalue weighted by Crippen LogP contribution is -2.20. The Kier molecular flexibility index (Phi) is 5.93. The molecule has 1 amide bonds. The second-order valence-corrected chi connectivity index (χ2v) is 6.63. The van der Waals surface area contributed by atoms with E-state index in [1.54, 1.807) is 25.6 Å². The smallest absolute Gasteiger partial charge is 0.262 e. The van der Waals surface area contributed by atoms with E-state index in [-0.39, 0.29) is 18.6 Å². The highest BCUT2D eigenvalue weighted by molar-refractivity contribution is 5.93. The summed E-state index contributed by atoms with van der Waals surface area (Å²) in [6.45, 7) is 7.67. The van der Waals surface area contributed by atoms with Gasteiger partial charge in [-0.2, -0.15) is 5.10 Å². The molecule has 0 saturated heterocycles. The van der Waals surface area contributed by atoms with Crippen LogP contribution in [0, 0.1) is 0 Å². The number of rotatable bonds is 8. The first kappa shape index (κ1) is 19.4. The number of ether oxygens (including phenoxy) is 2. The van der Waals surface area contributed by atoms with Crippen LogP contribution in [0.4, 0.5) is 5.69 Å². The van der Waals surface area contributed by atoms with E-state index in [1.165, 1.54) is 0 Å². The third kappa shape index (κ3) is 4.31. The van der Waals surface area contributed by atoms with Crippen molar-refractivity contribution in [2.45, 2.75) is 26.3 Å². The van der Waals surface area contributed by atoms with Crippen molar-refractivity contribution in [1.82, 2.24) is 14.8 Å². The van der Waals surface area contributed by atoms with Crippen molar-refractivity contribution in [3.63, 3.8) is 0 Å². The van der Waals surface area contributed by atoms with Crippen LogP contribution in [0.2, 0.25) is 0 Å². The second-order valence-electron chi connectivity index (χ2n) is 6.63. The Labute approximate surface area is 164 Å². The predicted molar refractivity (Wildman–Crippen MR) is 109 cm³/mol. The number of allylic oxidation sites excluding steroid dienone is 1. The maximum Gasteiger partial charge on any atom is 0.262 e. The number of hydrogen-bond donors (Lipinski definition) is 1. The van der Waals surface area contributed by atoms with E-state index in [9.17, 15) is 4.79 Å². The van der Waals surface area contributed by atoms with Gasteiger partial charge >= 0.3 is 0 Å². The summed E-state index contributed by atoms with van der Waals surface area (Å²) in [7, 11) is 1.57. The average Bonchev–Trinajstić information content (AvgIpc) is 3.10. The third-order valence-corrected chi connectivity index (χ3v) is 4.17. The van der Waals surface area contributed by atoms with E-state index in [2.05, 4.69) is 22.0 Å². The zero-order chi connectivity index (χ0) is 20.1. The number of amides is 1. The molecule has 0 fully saturated rings. The van der Waals surface area contributed by atoms with Gasteiger partial charge in [0.05, 0.1) is 25.2 Å². The van der Waals surface area contributed by atoms with Gasteiger partial charge in [0, 0.05) is 11.4 Å². The Morgan fingerprint density at radius 3 is 2.82 bits per heavy atom. The molecule has 0 atom stereocenters. The summed E-state index contributed by atoms with van der Waals surface area (Å²) in [5.41, 5.74) is 2.44. The van der Waals surface area contributed by atoms with Gasteiger partial charge in [0.15, 0.2) is 23.8 Å². The van der Waals surface area contributed by atoms with E-state index in [1.807, 2.05) is 42.8 Å². The molecular weight excluding hydrogens is 356 g/mol. The van der Waals surface area contributed by atoms with Crippen LogP contribution in [-0.2, 0) is 11.2 Å². The number of hydrogen-bond acceptors (Lipinski definition) is 5. The van der Waals surface area contributed by atoms with Gasteiger partial charge in [-0.05, 0) is 44.0 Å². The van der Waals surface area contributed by atoms with Crippen LogP contribution < -0.4 is 14.8 Å². The molecule has 0 aliphatic rings. The van der Waals surface area contributed by atoms with Gasteiger partial charge in [-0.1, -0.05) is 12.1 Å². The summed E-state index contributed by atoms with van der Waals surface area (Å²) >= 11 is 0. The first-order chi connectivity index (χ1) is 13.5. The Morgan fingerprint density at radius 1 is 1.29 bits per heavy atom. The van der Waals surface area contributed by atoms with Crippen molar-refractivity contribution in [2.24, 2.45) is 0 Å². The van der Waals surface area contributed by atoms with Gasteiger partial charge in [-0.3, -0.25) is 4.79 Å². The molecule has 0 saturated carbocycles. The maximum absolute atomic E-state index is 12.3. The number of aromatic nitrogens is 3. The van der Waals surface area contributed by atoms with Crippen LogP contribution >= 0.6 is 0 Å². The van der Waals surface area contributed by atoms with E-state index in [4.69, 9.17) is 9.47 Å². The third-order valence-electron chi connectivity index (χ3n) is 4.17. The van der Waals surface area contributed by atoms with Crippen LogP contribution in [0.25, 0.3) is 11.0 Å². The van der Waals surface area contributed by atoms with Crippen LogP contribution in [0.3, 0.4) is 0 Å². The van der Waals surface area contributed by atoms with Gasteiger partial charge in [0.2, 0.25) is 0 Å². The van der Waals surface area contributed by atoms with Gasteiger partial charge in [0.25, 0.3) is 5.91 Å². The van der Waals surface area contributed by atoms with E-state index >= 15 is 0 Å². The topological polar surface area (TPSA) is 78.3 Å². The standard InChI is InChI=1S/C21H24N4O3/c1-5-6-15-7-8-18(19(9-15)27-4)28-13-20(26)24-17-10-16-11-23-25(14(2)3)21(16)22-12-17/h5,7-12,14H,1,6,13H2,2-4H3,(H,24,26). The quantitative estimate of drug-likeness (QED) is 0.602. The van der Waals surface area contributed by atoms with Crippen molar-refractivity contribution in [2.75, 3.05) is 19.0 Å². The molecule has 0 radical (unpaired) electrons. The molecule has 3 aromatic rings. The fraction of sp³-hybridized carbons (Fsp3) is 0.286. The van der Waals surface area contributed by atoms with Crippen molar-refractivity contribution in [3.8, 4) is 11.5 Å². The molecule has 0 aliphatic carbocycles. The predicted octanol–water partition coefficient (Wildman–Crippen LogP) is 3.77. The molecule has 1 aromatic carbocycles. The summed E-state index contributed by atoms with van der Waals surface area (Å²) in [5, 5.41) is 7.99. The molecular formula is C21H24N4O3. The number of nitrogens with one attached hydrogen (secondary N) is 1. The fourth-order valence-electron chi connectivity index (χ4n) is 2.85. The van der Waals surface area contributed by atoms with Crippen molar-refractivity contribution in [1.29, 1.82) is 0 Å². The number of methoxy groups -OCH3 is 1. The maximum atomic E-state index is 12.3. The number of benzene rings is 1. The largest absolute Gasteiger partial charge is 0.493 e. The number of carbonyl (C=O) groups excluding carboxylic acids is 1. The van der Waals surface area contributed by atoms with Gasteiger partial charge in [-0.25, -0.2) is 9.67 Å². The Morgan fingerprint density at radius 2 is 2.11 bits per heavy atom. The molecule has 0 unspecified atom stereocenters. The minimum Gasteiger partial charge on any atom is -0.493 e. The highest BCUT2D eigenvalue weighted by Crippen LogP contribution is 2.28. The van der Waals surface area contributed by atoms with Gasteiger partial charge < -0.3 is 14.8 Å². The highest BCUT2D eigenvalue weighted by atomic mass is 16.5. The molecule has 3 rings (SSSR count). The normalized spacial score (nSPS) is 10.9. The molecule has 0 aliphatic heterocycles. The first-order valence-corrected chi connectivity index (χ1v) is 9.05. The first-order valence-electron chi connectivity index (χ1n) is 9.05. The summed E-state index contributed by atoms with van der Waals surface area (Å²) in [6, 6.07) is 7.64. The number of fused-ring (bicyclic) bond motifs is 1. The fourth-order valence-corrected chi connectivity index (χ4v) is 2.85. The van der Waals surface area contributed by atoms with Gasteiger partial charge in [-0.15, -0.1) is 6.58 Å². The van der Waals surface area contributed by atoms with Crippen molar-refractivity contribution >= 4 is 22.6 Å². The number of anilines is 1. The van der Waals surface area contributed by atoms with Crippen molar-refractivity contribution in [3.05, 3.63) is 54.9 Å². The van der Waals surface area contributed by atoms with Crippen molar-refractivity contribution < 1.29 is 14.3 Å². The highest BCUT2D eigenvalue weighted by Gasteiger charge is 2.11. The molecule has 7 nitrogen and oxygen atoms in total. The van der Waals surface area contributed by atoms with E-state index in [0.717, 1.165) is 23.0 Å². The number of carbonyl (C=O) groups is 1. The monoisotopic (exact) mass is 380 g/mol. The summed E-state index contributed by atoms with van der Waals surface area (Å²) in [6.07, 6.45) is 5.91. The minimum absolute atomic E-state index is 0.138. The lowest BCUT2D eigenvalue weighted by molar-refractivity contribution is -0.118. The molecule has 146 valence electrons. The molecule has 2 aromatic heterocycles. The van der Waals surface area contributed by atoms with E-state index in [0.29, 0.717) is 17.2 Å². The minimum atomic E-state index is -0.283. The van der Waals surface area contributed by atoms with E-state index < -0.39 is 0 Å². The molecule has 0 bridgehead atoms. The summed E-state index contributed by atoms with van der Waals surface area (Å²) in [5.74, 6) is 0.809. The number of nitrogens with zero attached hydrogens (tertiary/aromatic N) is 3. The van der Waals surface area contributed by atoms with Gasteiger partial charge in [0.1, 0.15) is 0 Å². The average molecular weight is 380 g/mol. The molecule has 2 heterocycles. The lowest BCUT2D eigenvalue weighted by Gasteiger charge is -2.12. The molecule has 1 N–H and O–H groups in total. The molecule has 0 spiro atoms. The second kappa shape index (κ2) is 8.56. The van der Waals surface area contributed by atoms with Crippen LogP contribution in [0.5, 0.6) is 11.5 Å². The summed E-state index contributed by atoms with van der Waals surface area (Å²) in [4.78, 5) is 16.7. The molecule has 7 heteroatoms. The SMILES string of the molecule is C=CCc1ccc(OCC(=O)Nc2cnc3c(cnn3C(C)C)c2)c(OC)c1. The summed E-state index contributed by atoms with van der Waals surface area (Å²) < 4.78 is 12.8. The Hall–Kier alpha value is -3.35. The Balaban J connectivity index is 1.64. The zero-order valence-corrected chi connectivity index (χ0v) is 16.3. The molecule has 28 heavy (non-hydrogen) atoms.